The van der Waals surface area contributed by atoms with Crippen molar-refractivity contribution >= 4 is 46.4 Å². The quantitative estimate of drug-likeness (QED) is 0.576. The average Bonchev–Trinajstić information content (AvgIpc) is 2.94. The Morgan fingerprint density at radius 2 is 1.64 bits per heavy atom. The van der Waals surface area contributed by atoms with Crippen molar-refractivity contribution in [3.8, 4) is 11.3 Å². The van der Waals surface area contributed by atoms with Gasteiger partial charge in [-0.05, 0) is 35.9 Å². The second-order valence-electron chi connectivity index (χ2n) is 4.74. The SMILES string of the molecule is Clc1ccc(Cl)c(-c2cnc(Cc3c(Cl)cccc3Cl)[nH]2)c1. The van der Waals surface area contributed by atoms with Crippen LogP contribution >= 0.6 is 46.4 Å². The van der Waals surface area contributed by atoms with Gasteiger partial charge in [-0.15, -0.1) is 0 Å². The Bertz CT molecular complexity index is 807. The molecule has 2 aromatic carbocycles. The summed E-state index contributed by atoms with van der Waals surface area (Å²) in [4.78, 5) is 7.60. The first-order valence-electron chi connectivity index (χ1n) is 6.47. The van der Waals surface area contributed by atoms with E-state index in [-0.39, 0.29) is 0 Å². The van der Waals surface area contributed by atoms with Gasteiger partial charge in [0, 0.05) is 27.1 Å². The van der Waals surface area contributed by atoms with Crippen LogP contribution < -0.4 is 0 Å². The smallest absolute Gasteiger partial charge is 0.111 e. The van der Waals surface area contributed by atoms with Crippen LogP contribution in [0.15, 0.2) is 42.6 Å². The van der Waals surface area contributed by atoms with Gasteiger partial charge in [0.2, 0.25) is 0 Å². The zero-order valence-corrected chi connectivity index (χ0v) is 14.2. The minimum atomic E-state index is 0.511. The number of benzene rings is 2. The highest BCUT2D eigenvalue weighted by Gasteiger charge is 2.11. The van der Waals surface area contributed by atoms with Crippen molar-refractivity contribution in [1.82, 2.24) is 9.97 Å². The number of aromatic nitrogens is 2. The predicted octanol–water partition coefficient (Wildman–Crippen LogP) is 6.28. The zero-order valence-electron chi connectivity index (χ0n) is 11.2. The molecule has 0 spiro atoms. The number of hydrogen-bond acceptors (Lipinski definition) is 1. The van der Waals surface area contributed by atoms with Gasteiger partial charge in [0.05, 0.1) is 16.9 Å². The lowest BCUT2D eigenvalue weighted by Crippen LogP contribution is -1.93. The third-order valence-electron chi connectivity index (χ3n) is 3.25. The van der Waals surface area contributed by atoms with Crippen LogP contribution in [0.25, 0.3) is 11.3 Å². The van der Waals surface area contributed by atoms with Gasteiger partial charge < -0.3 is 4.98 Å². The fourth-order valence-electron chi connectivity index (χ4n) is 2.16. The maximum absolute atomic E-state index is 6.20. The molecule has 1 N–H and O–H groups in total. The van der Waals surface area contributed by atoms with E-state index < -0.39 is 0 Å². The summed E-state index contributed by atoms with van der Waals surface area (Å²) in [5.74, 6) is 0.751. The highest BCUT2D eigenvalue weighted by Crippen LogP contribution is 2.31. The van der Waals surface area contributed by atoms with E-state index in [0.29, 0.717) is 26.5 Å². The molecule has 22 heavy (non-hydrogen) atoms. The van der Waals surface area contributed by atoms with Crippen molar-refractivity contribution in [3.63, 3.8) is 0 Å². The highest BCUT2D eigenvalue weighted by molar-refractivity contribution is 6.36. The molecule has 3 rings (SSSR count). The number of halogens is 4. The molecule has 0 aliphatic rings. The Balaban J connectivity index is 1.93. The average molecular weight is 372 g/mol. The molecule has 0 amide bonds. The van der Waals surface area contributed by atoms with Crippen LogP contribution in [0.3, 0.4) is 0 Å². The molecule has 2 nitrogen and oxygen atoms in total. The summed E-state index contributed by atoms with van der Waals surface area (Å²) in [5, 5.41) is 2.46. The number of imidazole rings is 1. The third kappa shape index (κ3) is 3.26. The molecule has 0 bridgehead atoms. The van der Waals surface area contributed by atoms with Gasteiger partial charge in [0.1, 0.15) is 5.82 Å². The van der Waals surface area contributed by atoms with Crippen molar-refractivity contribution in [3.05, 3.63) is 74.1 Å². The third-order valence-corrected chi connectivity index (χ3v) is 4.53. The fraction of sp³-hybridized carbons (Fsp3) is 0.0625. The van der Waals surface area contributed by atoms with E-state index in [2.05, 4.69) is 9.97 Å². The molecule has 0 radical (unpaired) electrons. The molecule has 0 saturated carbocycles. The Labute approximate surface area is 148 Å². The summed E-state index contributed by atoms with van der Waals surface area (Å²) in [6.45, 7) is 0. The van der Waals surface area contributed by atoms with Crippen LogP contribution in [0, 0.1) is 0 Å². The molecular formula is C16H10Cl4N2. The Morgan fingerprint density at radius 1 is 0.909 bits per heavy atom. The van der Waals surface area contributed by atoms with Crippen LogP contribution in [0.5, 0.6) is 0 Å². The van der Waals surface area contributed by atoms with Crippen molar-refractivity contribution in [1.29, 1.82) is 0 Å². The van der Waals surface area contributed by atoms with E-state index in [1.807, 2.05) is 6.07 Å². The molecule has 0 aliphatic carbocycles. The summed E-state index contributed by atoms with van der Waals surface area (Å²) in [7, 11) is 0. The minimum absolute atomic E-state index is 0.511. The number of aromatic amines is 1. The van der Waals surface area contributed by atoms with Gasteiger partial charge in [-0.3, -0.25) is 0 Å². The summed E-state index contributed by atoms with van der Waals surface area (Å²) in [6.07, 6.45) is 2.23. The zero-order chi connectivity index (χ0) is 15.7. The van der Waals surface area contributed by atoms with Crippen LogP contribution in [0.2, 0.25) is 20.1 Å². The lowest BCUT2D eigenvalue weighted by Gasteiger charge is -2.05. The molecular weight excluding hydrogens is 362 g/mol. The van der Waals surface area contributed by atoms with Crippen LogP contribution in [0.4, 0.5) is 0 Å². The minimum Gasteiger partial charge on any atom is -0.342 e. The van der Waals surface area contributed by atoms with E-state index in [1.54, 1.807) is 36.5 Å². The van der Waals surface area contributed by atoms with Gasteiger partial charge in [0.25, 0.3) is 0 Å². The van der Waals surface area contributed by atoms with Gasteiger partial charge >= 0.3 is 0 Å². The Kier molecular flexibility index (Phi) is 4.65. The maximum atomic E-state index is 6.20. The first kappa shape index (κ1) is 15.7. The fourth-order valence-corrected chi connectivity index (χ4v) is 3.08. The Hall–Kier alpha value is -1.19. The van der Waals surface area contributed by atoms with Crippen LogP contribution in [0.1, 0.15) is 11.4 Å². The summed E-state index contributed by atoms with van der Waals surface area (Å²) in [6, 6.07) is 10.7. The van der Waals surface area contributed by atoms with Crippen molar-refractivity contribution in [2.75, 3.05) is 0 Å². The van der Waals surface area contributed by atoms with E-state index in [9.17, 15) is 0 Å². The molecule has 0 atom stereocenters. The topological polar surface area (TPSA) is 28.7 Å². The summed E-state index contributed by atoms with van der Waals surface area (Å²) < 4.78 is 0. The first-order chi connectivity index (χ1) is 10.5. The van der Waals surface area contributed by atoms with Crippen LogP contribution in [-0.2, 0) is 6.42 Å². The standard InChI is InChI=1S/C16H10Cl4N2/c17-9-4-5-14(20)11(6-9)15-8-21-16(22-15)7-10-12(18)2-1-3-13(10)19/h1-6,8H,7H2,(H,21,22). The van der Waals surface area contributed by atoms with Gasteiger partial charge in [-0.1, -0.05) is 52.5 Å². The second-order valence-corrected chi connectivity index (χ2v) is 6.40. The van der Waals surface area contributed by atoms with Gasteiger partial charge in [0.15, 0.2) is 0 Å². The molecule has 0 unspecified atom stereocenters. The second kappa shape index (κ2) is 6.51. The number of nitrogens with zero attached hydrogens (tertiary/aromatic N) is 1. The monoisotopic (exact) mass is 370 g/mol. The summed E-state index contributed by atoms with van der Waals surface area (Å²) >= 11 is 24.6. The van der Waals surface area contributed by atoms with Gasteiger partial charge in [-0.25, -0.2) is 4.98 Å². The number of nitrogens with one attached hydrogen (secondary N) is 1. The van der Waals surface area contributed by atoms with E-state index >= 15 is 0 Å². The molecule has 0 saturated heterocycles. The Morgan fingerprint density at radius 3 is 2.36 bits per heavy atom. The van der Waals surface area contributed by atoms with E-state index in [0.717, 1.165) is 22.6 Å². The normalized spacial score (nSPS) is 10.9. The number of H-pyrrole nitrogens is 1. The van der Waals surface area contributed by atoms with E-state index in [4.69, 9.17) is 46.4 Å². The van der Waals surface area contributed by atoms with Crippen molar-refractivity contribution < 1.29 is 0 Å². The first-order valence-corrected chi connectivity index (χ1v) is 7.98. The molecule has 1 aromatic heterocycles. The maximum Gasteiger partial charge on any atom is 0.111 e. The summed E-state index contributed by atoms with van der Waals surface area (Å²) in [5.41, 5.74) is 2.44. The number of rotatable bonds is 3. The molecule has 3 aromatic rings. The van der Waals surface area contributed by atoms with E-state index in [1.165, 1.54) is 0 Å². The molecule has 1 heterocycles. The lowest BCUT2D eigenvalue weighted by atomic mass is 10.1. The molecule has 0 fully saturated rings. The largest absolute Gasteiger partial charge is 0.342 e. The molecule has 112 valence electrons. The number of hydrogen-bond donors (Lipinski definition) is 1. The lowest BCUT2D eigenvalue weighted by molar-refractivity contribution is 1.03. The molecule has 6 heteroatoms. The molecule has 0 aliphatic heterocycles. The predicted molar refractivity (Wildman–Crippen MR) is 93.3 cm³/mol. The van der Waals surface area contributed by atoms with Crippen LogP contribution in [-0.4, -0.2) is 9.97 Å². The van der Waals surface area contributed by atoms with Crippen molar-refractivity contribution in [2.24, 2.45) is 0 Å². The highest BCUT2D eigenvalue weighted by atomic mass is 35.5. The van der Waals surface area contributed by atoms with Crippen molar-refractivity contribution in [2.45, 2.75) is 6.42 Å². The van der Waals surface area contributed by atoms with Gasteiger partial charge in [-0.2, -0.15) is 0 Å².